The van der Waals surface area contributed by atoms with Gasteiger partial charge in [0.15, 0.2) is 0 Å². The summed E-state index contributed by atoms with van der Waals surface area (Å²) in [5.74, 6) is -0.230. The zero-order valence-electron chi connectivity index (χ0n) is 19.4. The third-order valence-electron chi connectivity index (χ3n) is 6.75. The number of halogens is 2. The van der Waals surface area contributed by atoms with Gasteiger partial charge in [-0.15, -0.1) is 0 Å². The summed E-state index contributed by atoms with van der Waals surface area (Å²) in [7, 11) is 0. The van der Waals surface area contributed by atoms with Crippen LogP contribution in [0.15, 0.2) is 60.7 Å². The van der Waals surface area contributed by atoms with E-state index in [-0.39, 0.29) is 30.8 Å². The highest BCUT2D eigenvalue weighted by Gasteiger charge is 2.29. The number of carbonyl (C=O) groups excluding carboxylic acids is 2. The summed E-state index contributed by atoms with van der Waals surface area (Å²) in [5, 5.41) is 6.40. The van der Waals surface area contributed by atoms with Gasteiger partial charge in [-0.05, 0) is 54.7 Å². The molecule has 1 saturated carbocycles. The first-order chi connectivity index (χ1) is 16.4. The van der Waals surface area contributed by atoms with E-state index in [2.05, 4.69) is 29.6 Å². The molecule has 1 aliphatic rings. The number of hydrogen-bond donors (Lipinski definition) is 1. The molecule has 0 heterocycles. The Bertz CT molecular complexity index is 1150. The third-order valence-corrected chi connectivity index (χ3v) is 7.46. The molecule has 3 aromatic rings. The van der Waals surface area contributed by atoms with E-state index in [4.69, 9.17) is 23.2 Å². The van der Waals surface area contributed by atoms with E-state index in [0.29, 0.717) is 22.0 Å². The maximum absolute atomic E-state index is 13.5. The summed E-state index contributed by atoms with van der Waals surface area (Å²) in [5.41, 5.74) is 1.77. The Morgan fingerprint density at radius 2 is 1.62 bits per heavy atom. The molecule has 34 heavy (non-hydrogen) atoms. The topological polar surface area (TPSA) is 49.4 Å². The van der Waals surface area contributed by atoms with Crippen LogP contribution in [-0.4, -0.2) is 28.8 Å². The van der Waals surface area contributed by atoms with Crippen LogP contribution in [0.2, 0.25) is 10.0 Å². The van der Waals surface area contributed by atoms with Crippen LogP contribution in [0.5, 0.6) is 0 Å². The van der Waals surface area contributed by atoms with E-state index < -0.39 is 6.04 Å². The molecule has 0 bridgehead atoms. The minimum atomic E-state index is -0.632. The highest BCUT2D eigenvalue weighted by atomic mass is 35.5. The van der Waals surface area contributed by atoms with E-state index in [1.807, 2.05) is 18.2 Å². The van der Waals surface area contributed by atoms with Crippen LogP contribution >= 0.6 is 23.2 Å². The van der Waals surface area contributed by atoms with Crippen molar-refractivity contribution in [3.8, 4) is 0 Å². The lowest BCUT2D eigenvalue weighted by Crippen LogP contribution is -2.49. The van der Waals surface area contributed by atoms with Gasteiger partial charge in [-0.3, -0.25) is 9.59 Å². The lowest BCUT2D eigenvalue weighted by atomic mass is 10.0. The molecule has 4 rings (SSSR count). The Morgan fingerprint density at radius 1 is 0.971 bits per heavy atom. The number of nitrogens with zero attached hydrogens (tertiary/aromatic N) is 1. The molecule has 1 aliphatic carbocycles. The van der Waals surface area contributed by atoms with Gasteiger partial charge in [0.25, 0.3) is 0 Å². The zero-order valence-corrected chi connectivity index (χ0v) is 20.9. The molecule has 4 nitrogen and oxygen atoms in total. The fourth-order valence-electron chi connectivity index (χ4n) is 4.72. The van der Waals surface area contributed by atoms with Crippen LogP contribution < -0.4 is 5.32 Å². The predicted octanol–water partition coefficient (Wildman–Crippen LogP) is 6.56. The standard InChI is InChI=1S/C28H30Cl2N2O2/c1-19(28(34)31-22-11-3-4-12-22)32(18-24-25(29)14-7-15-26(24)30)27(33)17-16-21-10-6-9-20-8-2-5-13-23(20)21/h2,5-10,13-15,19,22H,3-4,11-12,16-18H2,1H3,(H,31,34)/t19-/m1/s1. The van der Waals surface area contributed by atoms with Gasteiger partial charge in [0.05, 0.1) is 0 Å². The fourth-order valence-corrected chi connectivity index (χ4v) is 5.24. The minimum absolute atomic E-state index is 0.0991. The number of hydrogen-bond acceptors (Lipinski definition) is 2. The molecule has 1 N–H and O–H groups in total. The van der Waals surface area contributed by atoms with Crippen LogP contribution in [0.4, 0.5) is 0 Å². The first kappa shape index (κ1) is 24.6. The minimum Gasteiger partial charge on any atom is -0.352 e. The first-order valence-electron chi connectivity index (χ1n) is 11.9. The van der Waals surface area contributed by atoms with Crippen molar-refractivity contribution in [2.75, 3.05) is 0 Å². The van der Waals surface area contributed by atoms with Crippen LogP contribution in [0.25, 0.3) is 10.8 Å². The van der Waals surface area contributed by atoms with E-state index in [0.717, 1.165) is 42.0 Å². The summed E-state index contributed by atoms with van der Waals surface area (Å²) in [6, 6.07) is 19.2. The highest BCUT2D eigenvalue weighted by molar-refractivity contribution is 6.36. The van der Waals surface area contributed by atoms with Crippen molar-refractivity contribution in [1.82, 2.24) is 10.2 Å². The summed E-state index contributed by atoms with van der Waals surface area (Å²) < 4.78 is 0. The molecule has 0 unspecified atom stereocenters. The Hall–Kier alpha value is -2.56. The number of fused-ring (bicyclic) bond motifs is 1. The zero-order chi connectivity index (χ0) is 24.1. The highest BCUT2D eigenvalue weighted by Crippen LogP contribution is 2.28. The molecule has 0 aliphatic heterocycles. The van der Waals surface area contributed by atoms with Crippen molar-refractivity contribution >= 4 is 45.8 Å². The average Bonchev–Trinajstić information content (AvgIpc) is 3.35. The molecule has 6 heteroatoms. The molecule has 0 spiro atoms. The maximum atomic E-state index is 13.5. The van der Waals surface area contributed by atoms with E-state index >= 15 is 0 Å². The van der Waals surface area contributed by atoms with E-state index in [1.54, 1.807) is 30.0 Å². The maximum Gasteiger partial charge on any atom is 0.242 e. The van der Waals surface area contributed by atoms with Gasteiger partial charge in [-0.1, -0.05) is 84.6 Å². The summed E-state index contributed by atoms with van der Waals surface area (Å²) >= 11 is 12.8. The normalized spacial score (nSPS) is 14.8. The van der Waals surface area contributed by atoms with E-state index in [9.17, 15) is 9.59 Å². The van der Waals surface area contributed by atoms with Crippen LogP contribution in [0.1, 0.15) is 50.2 Å². The van der Waals surface area contributed by atoms with Gasteiger partial charge in [-0.2, -0.15) is 0 Å². The number of nitrogens with one attached hydrogen (secondary N) is 1. The molecule has 1 fully saturated rings. The summed E-state index contributed by atoms with van der Waals surface area (Å²) in [6.45, 7) is 1.97. The van der Waals surface area contributed by atoms with Crippen molar-refractivity contribution in [2.24, 2.45) is 0 Å². The Balaban J connectivity index is 1.54. The smallest absolute Gasteiger partial charge is 0.242 e. The van der Waals surface area contributed by atoms with Crippen molar-refractivity contribution in [2.45, 2.75) is 64.1 Å². The molecular weight excluding hydrogens is 467 g/mol. The third kappa shape index (κ3) is 5.73. The van der Waals surface area contributed by atoms with E-state index in [1.165, 1.54) is 0 Å². The van der Waals surface area contributed by atoms with Crippen molar-refractivity contribution in [3.63, 3.8) is 0 Å². The van der Waals surface area contributed by atoms with Crippen LogP contribution in [-0.2, 0) is 22.6 Å². The molecule has 0 radical (unpaired) electrons. The van der Waals surface area contributed by atoms with Crippen LogP contribution in [0, 0.1) is 0 Å². The summed E-state index contributed by atoms with van der Waals surface area (Å²) in [4.78, 5) is 28.2. The Kier molecular flexibility index (Phi) is 8.12. The quantitative estimate of drug-likeness (QED) is 0.384. The lowest BCUT2D eigenvalue weighted by Gasteiger charge is -2.30. The largest absolute Gasteiger partial charge is 0.352 e. The second-order valence-corrected chi connectivity index (χ2v) is 9.84. The van der Waals surface area contributed by atoms with Gasteiger partial charge in [0.1, 0.15) is 6.04 Å². The fraction of sp³-hybridized carbons (Fsp3) is 0.357. The number of rotatable bonds is 8. The van der Waals surface area contributed by atoms with Gasteiger partial charge in [-0.25, -0.2) is 0 Å². The van der Waals surface area contributed by atoms with Gasteiger partial charge in [0.2, 0.25) is 11.8 Å². The SMILES string of the molecule is C[C@H](C(=O)NC1CCCC1)N(Cc1c(Cl)cccc1Cl)C(=O)CCc1cccc2ccccc12. The number of amides is 2. The first-order valence-corrected chi connectivity index (χ1v) is 12.7. The molecule has 2 amide bonds. The molecule has 3 aromatic carbocycles. The monoisotopic (exact) mass is 496 g/mol. The summed E-state index contributed by atoms with van der Waals surface area (Å²) in [6.07, 6.45) is 5.11. The average molecular weight is 497 g/mol. The van der Waals surface area contributed by atoms with Crippen molar-refractivity contribution < 1.29 is 9.59 Å². The van der Waals surface area contributed by atoms with Gasteiger partial charge in [0, 0.05) is 34.6 Å². The number of carbonyl (C=O) groups is 2. The predicted molar refractivity (Wildman–Crippen MR) is 139 cm³/mol. The molecule has 178 valence electrons. The second kappa shape index (κ2) is 11.2. The molecule has 1 atom stereocenters. The van der Waals surface area contributed by atoms with Gasteiger partial charge >= 0.3 is 0 Å². The van der Waals surface area contributed by atoms with Crippen molar-refractivity contribution in [3.05, 3.63) is 81.8 Å². The van der Waals surface area contributed by atoms with Gasteiger partial charge < -0.3 is 10.2 Å². The molecule has 0 saturated heterocycles. The van der Waals surface area contributed by atoms with Crippen molar-refractivity contribution in [1.29, 1.82) is 0 Å². The van der Waals surface area contributed by atoms with Crippen LogP contribution in [0.3, 0.4) is 0 Å². The molecule has 0 aromatic heterocycles. The Morgan fingerprint density at radius 3 is 2.35 bits per heavy atom. The number of aryl methyl sites for hydroxylation is 1. The number of benzene rings is 3. The lowest BCUT2D eigenvalue weighted by molar-refractivity contribution is -0.140. The second-order valence-electron chi connectivity index (χ2n) is 9.03. The Labute approximate surface area is 211 Å². The molecular formula is C28H30Cl2N2O2.